The second-order valence-corrected chi connectivity index (χ2v) is 10.3. The van der Waals surface area contributed by atoms with E-state index in [2.05, 4.69) is 23.3 Å². The molecular weight excluding hydrogens is 487 g/mol. The Morgan fingerprint density at radius 1 is 1.03 bits per heavy atom. The van der Waals surface area contributed by atoms with Crippen LogP contribution in [-0.4, -0.2) is 36.1 Å². The fraction of sp³-hybridized carbons (Fsp3) is 0.333. The van der Waals surface area contributed by atoms with Crippen molar-refractivity contribution in [1.82, 2.24) is 5.32 Å². The number of thiol groups is 1. The van der Waals surface area contributed by atoms with E-state index in [4.69, 9.17) is 4.74 Å². The molecule has 2 N–H and O–H groups in total. The van der Waals surface area contributed by atoms with Crippen molar-refractivity contribution in [3.05, 3.63) is 94.8 Å². The van der Waals surface area contributed by atoms with Crippen LogP contribution in [0.3, 0.4) is 0 Å². The van der Waals surface area contributed by atoms with E-state index in [9.17, 15) is 14.0 Å². The zero-order valence-electron chi connectivity index (χ0n) is 21.0. The lowest BCUT2D eigenvalue weighted by Gasteiger charge is -2.16. The minimum atomic E-state index is -0.267. The number of hydrogen-bond donors (Lipinski definition) is 3. The summed E-state index contributed by atoms with van der Waals surface area (Å²) in [7, 11) is 0. The Bertz CT molecular complexity index is 1230. The van der Waals surface area contributed by atoms with Crippen LogP contribution in [0.5, 0.6) is 5.75 Å². The first kappa shape index (κ1) is 26.9. The van der Waals surface area contributed by atoms with Crippen molar-refractivity contribution in [2.75, 3.05) is 18.5 Å². The monoisotopic (exact) mass is 520 g/mol. The first-order chi connectivity index (χ1) is 17.9. The summed E-state index contributed by atoms with van der Waals surface area (Å²) in [6.45, 7) is 2.94. The maximum atomic E-state index is 13.4. The van der Waals surface area contributed by atoms with Crippen LogP contribution >= 0.6 is 12.6 Å². The van der Waals surface area contributed by atoms with Crippen LogP contribution in [0.25, 0.3) is 0 Å². The van der Waals surface area contributed by atoms with Crippen molar-refractivity contribution < 1.29 is 18.7 Å². The number of anilines is 1. The number of amides is 1. The molecule has 1 aliphatic rings. The molecule has 37 heavy (non-hydrogen) atoms. The van der Waals surface area contributed by atoms with Crippen LogP contribution in [0.4, 0.5) is 10.1 Å². The molecule has 1 aliphatic heterocycles. The largest absolute Gasteiger partial charge is 0.492 e. The zero-order chi connectivity index (χ0) is 26.2. The van der Waals surface area contributed by atoms with Crippen LogP contribution in [-0.2, 0) is 24.1 Å². The quantitative estimate of drug-likeness (QED) is 0.295. The van der Waals surface area contributed by atoms with Gasteiger partial charge in [0, 0.05) is 35.5 Å². The summed E-state index contributed by atoms with van der Waals surface area (Å²) < 4.78 is 19.3. The van der Waals surface area contributed by atoms with Crippen molar-refractivity contribution >= 4 is 30.0 Å². The molecule has 0 bridgehead atoms. The third-order valence-corrected chi connectivity index (χ3v) is 6.92. The molecule has 0 spiro atoms. The summed E-state index contributed by atoms with van der Waals surface area (Å²) in [6, 6.07) is 19.9. The summed E-state index contributed by atoms with van der Waals surface area (Å²) >= 11 is 4.52. The van der Waals surface area contributed by atoms with Gasteiger partial charge >= 0.3 is 0 Å². The molecule has 1 amide bonds. The van der Waals surface area contributed by atoms with E-state index < -0.39 is 0 Å². The Morgan fingerprint density at radius 2 is 1.84 bits per heavy atom. The van der Waals surface area contributed by atoms with Crippen LogP contribution < -0.4 is 15.4 Å². The molecule has 2 atom stereocenters. The predicted octanol–water partition coefficient (Wildman–Crippen LogP) is 5.42. The van der Waals surface area contributed by atoms with Gasteiger partial charge in [-0.25, -0.2) is 4.39 Å². The second-order valence-electron chi connectivity index (χ2n) is 9.61. The first-order valence-electron chi connectivity index (χ1n) is 12.7. The maximum Gasteiger partial charge on any atom is 0.256 e. The molecule has 0 aromatic heterocycles. The average molecular weight is 521 g/mol. The third-order valence-electron chi connectivity index (χ3n) is 6.52. The molecule has 0 radical (unpaired) electrons. The summed E-state index contributed by atoms with van der Waals surface area (Å²) in [4.78, 5) is 24.8. The normalized spacial score (nSPS) is 16.9. The number of carbonyl (C=O) groups excluding carboxylic acids is 2. The minimum absolute atomic E-state index is 0.134. The summed E-state index contributed by atoms with van der Waals surface area (Å²) in [6.07, 6.45) is 3.34. The molecule has 1 fully saturated rings. The standard InChI is InChI=1S/C30H33FN2O3S/c1-20(34)5-6-22-3-2-4-25(15-22)33-30(35)29-17-27(36-19-26-16-28(37)18-32-26)14-11-23(29)10-7-21-8-12-24(31)13-9-21/h2-4,8-9,11-15,17,26,28,32,37H,5-7,10,16,18-19H2,1H3,(H,33,35)/t26-,28-/m0/s1. The van der Waals surface area contributed by atoms with E-state index in [0.29, 0.717) is 54.5 Å². The number of nitrogens with one attached hydrogen (secondary N) is 2. The highest BCUT2D eigenvalue weighted by molar-refractivity contribution is 7.81. The summed E-state index contributed by atoms with van der Waals surface area (Å²) in [5, 5.41) is 6.73. The van der Waals surface area contributed by atoms with Gasteiger partial charge in [-0.1, -0.05) is 30.3 Å². The van der Waals surface area contributed by atoms with Crippen LogP contribution in [0.1, 0.15) is 46.8 Å². The molecule has 4 rings (SSSR count). The molecule has 0 aliphatic carbocycles. The molecule has 1 heterocycles. The van der Waals surface area contributed by atoms with Crippen LogP contribution in [0, 0.1) is 5.82 Å². The van der Waals surface area contributed by atoms with Gasteiger partial charge in [0.25, 0.3) is 5.91 Å². The lowest BCUT2D eigenvalue weighted by Crippen LogP contribution is -2.28. The average Bonchev–Trinajstić information content (AvgIpc) is 3.31. The van der Waals surface area contributed by atoms with E-state index >= 15 is 0 Å². The van der Waals surface area contributed by atoms with Gasteiger partial charge in [0.1, 0.15) is 24.0 Å². The number of benzene rings is 3. The van der Waals surface area contributed by atoms with Gasteiger partial charge in [-0.3, -0.25) is 4.79 Å². The van der Waals surface area contributed by atoms with Gasteiger partial charge in [-0.2, -0.15) is 12.6 Å². The number of ether oxygens (including phenoxy) is 1. The topological polar surface area (TPSA) is 67.4 Å². The van der Waals surface area contributed by atoms with Crippen molar-refractivity contribution in [2.45, 2.75) is 50.3 Å². The number of hydrogen-bond acceptors (Lipinski definition) is 5. The SMILES string of the molecule is CC(=O)CCc1cccc(NC(=O)c2cc(OC[C@@H]3C[C@H](S)CN3)ccc2CCc2ccc(F)cc2)c1. The Balaban J connectivity index is 1.50. The Labute approximate surface area is 223 Å². The number of ketones is 1. The number of carbonyl (C=O) groups is 2. The van der Waals surface area contributed by atoms with E-state index in [1.165, 1.54) is 12.1 Å². The predicted molar refractivity (Wildman–Crippen MR) is 148 cm³/mol. The maximum absolute atomic E-state index is 13.4. The Hall–Kier alpha value is -3.16. The zero-order valence-corrected chi connectivity index (χ0v) is 21.9. The highest BCUT2D eigenvalue weighted by Gasteiger charge is 2.22. The van der Waals surface area contributed by atoms with Crippen LogP contribution in [0.15, 0.2) is 66.7 Å². The smallest absolute Gasteiger partial charge is 0.256 e. The van der Waals surface area contributed by atoms with E-state index in [1.807, 2.05) is 36.4 Å². The van der Waals surface area contributed by atoms with Gasteiger partial charge in [-0.05, 0) is 85.7 Å². The fourth-order valence-corrected chi connectivity index (χ4v) is 4.81. The molecule has 5 nitrogen and oxygen atoms in total. The Kier molecular flexibility index (Phi) is 9.36. The molecule has 7 heteroatoms. The van der Waals surface area contributed by atoms with Gasteiger partial charge in [0.15, 0.2) is 0 Å². The second kappa shape index (κ2) is 12.9. The lowest BCUT2D eigenvalue weighted by atomic mass is 9.98. The van der Waals surface area contributed by atoms with Gasteiger partial charge in [0.05, 0.1) is 0 Å². The molecule has 3 aromatic rings. The van der Waals surface area contributed by atoms with Gasteiger partial charge < -0.3 is 20.2 Å². The summed E-state index contributed by atoms with van der Waals surface area (Å²) in [5.41, 5.74) is 4.10. The molecular formula is C30H33FN2O3S. The lowest BCUT2D eigenvalue weighted by molar-refractivity contribution is -0.116. The van der Waals surface area contributed by atoms with Gasteiger partial charge in [-0.15, -0.1) is 0 Å². The third kappa shape index (κ3) is 8.17. The van der Waals surface area contributed by atoms with E-state index in [0.717, 1.165) is 29.7 Å². The van der Waals surface area contributed by atoms with E-state index in [-0.39, 0.29) is 23.5 Å². The van der Waals surface area contributed by atoms with Crippen molar-refractivity contribution in [2.24, 2.45) is 0 Å². The molecule has 1 saturated heterocycles. The van der Waals surface area contributed by atoms with Crippen molar-refractivity contribution in [3.8, 4) is 5.75 Å². The molecule has 0 unspecified atom stereocenters. The molecule has 0 saturated carbocycles. The highest BCUT2D eigenvalue weighted by Crippen LogP contribution is 2.23. The number of aryl methyl sites for hydroxylation is 3. The van der Waals surface area contributed by atoms with Crippen molar-refractivity contribution in [3.63, 3.8) is 0 Å². The van der Waals surface area contributed by atoms with Crippen LogP contribution in [0.2, 0.25) is 0 Å². The number of rotatable bonds is 11. The summed E-state index contributed by atoms with van der Waals surface area (Å²) in [5.74, 6) is 0.277. The van der Waals surface area contributed by atoms with Gasteiger partial charge in [0.2, 0.25) is 0 Å². The van der Waals surface area contributed by atoms with Crippen molar-refractivity contribution in [1.29, 1.82) is 0 Å². The minimum Gasteiger partial charge on any atom is -0.492 e. The first-order valence-corrected chi connectivity index (χ1v) is 13.2. The molecule has 3 aromatic carbocycles. The number of halogens is 1. The fourth-order valence-electron chi connectivity index (χ4n) is 4.45. The van der Waals surface area contributed by atoms with E-state index in [1.54, 1.807) is 25.1 Å². The molecule has 194 valence electrons. The highest BCUT2D eigenvalue weighted by atomic mass is 32.1. The Morgan fingerprint density at radius 3 is 2.57 bits per heavy atom. The number of Topliss-reactive ketones (excluding diaryl/α,β-unsaturated/α-hetero) is 1.